The van der Waals surface area contributed by atoms with E-state index in [0.717, 1.165) is 0 Å². The van der Waals surface area contributed by atoms with E-state index < -0.39 is 10.5 Å². The van der Waals surface area contributed by atoms with E-state index >= 15 is 0 Å². The van der Waals surface area contributed by atoms with Crippen LogP contribution in [0.2, 0.25) is 5.02 Å². The predicted octanol–water partition coefficient (Wildman–Crippen LogP) is 2.29. The van der Waals surface area contributed by atoms with E-state index in [1.165, 1.54) is 18.2 Å². The Morgan fingerprint density at radius 3 is 2.72 bits per heavy atom. The van der Waals surface area contributed by atoms with Gasteiger partial charge in [-0.1, -0.05) is 20.6 Å². The number of hydrogen-bond donors (Lipinski definition) is 0. The van der Waals surface area contributed by atoms with Crippen LogP contribution in [0.25, 0.3) is 11.5 Å². The molecule has 1 aromatic carbocycles. The summed E-state index contributed by atoms with van der Waals surface area (Å²) in [5, 5.41) is 3.81. The summed E-state index contributed by atoms with van der Waals surface area (Å²) in [6, 6.07) is 3.86. The minimum absolute atomic E-state index is 0.0198. The molecular formula is C9H6ClFN2O4S. The van der Waals surface area contributed by atoms with Crippen LogP contribution in [0, 0.1) is 6.92 Å². The average Bonchev–Trinajstić information content (AvgIpc) is 2.65. The Morgan fingerprint density at radius 1 is 1.44 bits per heavy atom. The summed E-state index contributed by atoms with van der Waals surface area (Å²) in [5.41, 5.74) is 0.0873. The van der Waals surface area contributed by atoms with Gasteiger partial charge in [-0.2, -0.15) is 13.4 Å². The van der Waals surface area contributed by atoms with Gasteiger partial charge in [-0.15, -0.1) is 0 Å². The molecule has 0 N–H and O–H groups in total. The second-order valence-electron chi connectivity index (χ2n) is 3.26. The van der Waals surface area contributed by atoms with E-state index in [1.54, 1.807) is 6.92 Å². The van der Waals surface area contributed by atoms with Gasteiger partial charge in [0.2, 0.25) is 0 Å². The fraction of sp³-hybridized carbons (Fsp3) is 0.111. The molecule has 2 rings (SSSR count). The van der Waals surface area contributed by atoms with Crippen molar-refractivity contribution < 1.29 is 21.0 Å². The lowest BCUT2D eigenvalue weighted by molar-refractivity contribution is 0.420. The molecule has 0 radical (unpaired) electrons. The number of benzene rings is 1. The lowest BCUT2D eigenvalue weighted by Crippen LogP contribution is -2.02. The van der Waals surface area contributed by atoms with Crippen molar-refractivity contribution >= 4 is 22.1 Å². The Hall–Kier alpha value is -1.67. The van der Waals surface area contributed by atoms with E-state index in [9.17, 15) is 12.3 Å². The SMILES string of the molecule is Cc1noc(-c2cc(Cl)ccc2OS(=O)(=O)F)n1. The monoisotopic (exact) mass is 292 g/mol. The molecular weight excluding hydrogens is 287 g/mol. The highest BCUT2D eigenvalue weighted by Gasteiger charge is 2.18. The van der Waals surface area contributed by atoms with Crippen LogP contribution in [-0.2, 0) is 10.5 Å². The van der Waals surface area contributed by atoms with Crippen LogP contribution < -0.4 is 4.18 Å². The number of aryl methyl sites for hydroxylation is 1. The van der Waals surface area contributed by atoms with Gasteiger partial charge < -0.3 is 8.71 Å². The molecule has 1 aromatic heterocycles. The molecule has 0 spiro atoms. The Bertz CT molecular complexity index is 686. The van der Waals surface area contributed by atoms with E-state index in [1.807, 2.05) is 0 Å². The first-order valence-electron chi connectivity index (χ1n) is 4.59. The van der Waals surface area contributed by atoms with Crippen molar-refractivity contribution in [3.8, 4) is 17.2 Å². The Morgan fingerprint density at radius 2 is 2.17 bits per heavy atom. The van der Waals surface area contributed by atoms with Crippen molar-refractivity contribution in [2.45, 2.75) is 6.92 Å². The maximum atomic E-state index is 12.5. The molecule has 0 saturated carbocycles. The summed E-state index contributed by atoms with van der Waals surface area (Å²) < 4.78 is 42.5. The van der Waals surface area contributed by atoms with Gasteiger partial charge in [0.05, 0.1) is 5.56 Å². The van der Waals surface area contributed by atoms with E-state index in [0.29, 0.717) is 5.82 Å². The fourth-order valence-corrected chi connectivity index (χ4v) is 1.79. The smallest absolute Gasteiger partial charge is 0.358 e. The zero-order chi connectivity index (χ0) is 13.3. The standard InChI is InChI=1S/C9H6ClFN2O4S/c1-5-12-9(16-13-5)7-4-6(10)2-3-8(7)17-18(11,14)15/h2-4H,1H3. The van der Waals surface area contributed by atoms with Crippen molar-refractivity contribution in [3.63, 3.8) is 0 Å². The molecule has 0 saturated heterocycles. The summed E-state index contributed by atoms with van der Waals surface area (Å²) in [4.78, 5) is 3.88. The summed E-state index contributed by atoms with van der Waals surface area (Å²) >= 11 is 5.76. The predicted molar refractivity (Wildman–Crippen MR) is 60.1 cm³/mol. The van der Waals surface area contributed by atoms with Gasteiger partial charge in [-0.25, -0.2) is 0 Å². The molecule has 0 bridgehead atoms. The molecule has 96 valence electrons. The normalized spacial score (nSPS) is 11.5. The molecule has 0 atom stereocenters. The van der Waals surface area contributed by atoms with E-state index in [4.69, 9.17) is 16.1 Å². The molecule has 0 aliphatic heterocycles. The zero-order valence-corrected chi connectivity index (χ0v) is 10.5. The Kier molecular flexibility index (Phi) is 3.22. The van der Waals surface area contributed by atoms with Crippen molar-refractivity contribution in [2.75, 3.05) is 0 Å². The van der Waals surface area contributed by atoms with Crippen LogP contribution in [0.15, 0.2) is 22.7 Å². The van der Waals surface area contributed by atoms with Gasteiger partial charge in [0.25, 0.3) is 5.89 Å². The second-order valence-corrected chi connectivity index (χ2v) is 4.65. The minimum Gasteiger partial charge on any atom is -0.358 e. The first-order chi connectivity index (χ1) is 8.35. The van der Waals surface area contributed by atoms with Gasteiger partial charge in [0.1, 0.15) is 0 Å². The third-order valence-electron chi connectivity index (χ3n) is 1.89. The molecule has 1 heterocycles. The average molecular weight is 293 g/mol. The van der Waals surface area contributed by atoms with Crippen LogP contribution in [-0.4, -0.2) is 18.6 Å². The third kappa shape index (κ3) is 2.96. The van der Waals surface area contributed by atoms with E-state index in [2.05, 4.69) is 14.3 Å². The number of rotatable bonds is 3. The van der Waals surface area contributed by atoms with Gasteiger partial charge in [0.15, 0.2) is 11.6 Å². The Balaban J connectivity index is 2.54. The molecule has 0 fully saturated rings. The summed E-state index contributed by atoms with van der Waals surface area (Å²) in [5.74, 6) is 0.0261. The molecule has 0 amide bonds. The van der Waals surface area contributed by atoms with Crippen molar-refractivity contribution in [1.29, 1.82) is 0 Å². The topological polar surface area (TPSA) is 82.3 Å². The first-order valence-corrected chi connectivity index (χ1v) is 6.28. The number of aromatic nitrogens is 2. The summed E-state index contributed by atoms with van der Waals surface area (Å²) in [6.45, 7) is 1.57. The van der Waals surface area contributed by atoms with Crippen LogP contribution in [0.5, 0.6) is 5.75 Å². The van der Waals surface area contributed by atoms with Crippen molar-refractivity contribution in [3.05, 3.63) is 29.0 Å². The Labute approximate surface area is 107 Å². The molecule has 0 aliphatic carbocycles. The van der Waals surface area contributed by atoms with Gasteiger partial charge in [-0.3, -0.25) is 0 Å². The van der Waals surface area contributed by atoms with Crippen LogP contribution in [0.1, 0.15) is 5.82 Å². The molecule has 9 heteroatoms. The van der Waals surface area contributed by atoms with Crippen LogP contribution in [0.4, 0.5) is 3.89 Å². The molecule has 6 nitrogen and oxygen atoms in total. The number of halogens is 2. The zero-order valence-electron chi connectivity index (χ0n) is 8.92. The van der Waals surface area contributed by atoms with Crippen molar-refractivity contribution in [2.24, 2.45) is 0 Å². The molecule has 0 unspecified atom stereocenters. The highest BCUT2D eigenvalue weighted by Crippen LogP contribution is 2.32. The number of hydrogen-bond acceptors (Lipinski definition) is 6. The largest absolute Gasteiger partial charge is 0.488 e. The van der Waals surface area contributed by atoms with Gasteiger partial charge in [-0.05, 0) is 25.1 Å². The maximum absolute atomic E-state index is 12.5. The summed E-state index contributed by atoms with van der Waals surface area (Å²) in [7, 11) is -5.15. The van der Waals surface area contributed by atoms with Crippen molar-refractivity contribution in [1.82, 2.24) is 10.1 Å². The highest BCUT2D eigenvalue weighted by molar-refractivity contribution is 7.81. The van der Waals surface area contributed by atoms with Crippen LogP contribution >= 0.6 is 11.6 Å². The number of nitrogens with zero attached hydrogens (tertiary/aromatic N) is 2. The molecule has 18 heavy (non-hydrogen) atoms. The van der Waals surface area contributed by atoms with E-state index in [-0.39, 0.29) is 22.2 Å². The molecule has 2 aromatic rings. The third-order valence-corrected chi connectivity index (χ3v) is 2.50. The summed E-state index contributed by atoms with van der Waals surface area (Å²) in [6.07, 6.45) is 0. The lowest BCUT2D eigenvalue weighted by Gasteiger charge is -2.04. The highest BCUT2D eigenvalue weighted by atomic mass is 35.5. The first kappa shape index (κ1) is 12.8. The minimum atomic E-state index is -5.15. The lowest BCUT2D eigenvalue weighted by atomic mass is 10.2. The maximum Gasteiger partial charge on any atom is 0.488 e. The van der Waals surface area contributed by atoms with Crippen LogP contribution in [0.3, 0.4) is 0 Å². The quantitative estimate of drug-likeness (QED) is 0.807. The van der Waals surface area contributed by atoms with Gasteiger partial charge >= 0.3 is 10.5 Å². The van der Waals surface area contributed by atoms with Gasteiger partial charge in [0, 0.05) is 5.02 Å². The molecule has 0 aliphatic rings. The second kappa shape index (κ2) is 4.54. The fourth-order valence-electron chi connectivity index (χ4n) is 1.26.